The van der Waals surface area contributed by atoms with Gasteiger partial charge in [0.05, 0.1) is 11.1 Å². The Balaban J connectivity index is 2.67. The first-order valence-electron chi connectivity index (χ1n) is 4.57. The van der Waals surface area contributed by atoms with Gasteiger partial charge in [-0.15, -0.1) is 0 Å². The molecule has 0 amide bonds. The largest absolute Gasteiger partial charge is 0.393 e. The van der Waals surface area contributed by atoms with E-state index in [-0.39, 0.29) is 0 Å². The van der Waals surface area contributed by atoms with Crippen LogP contribution in [0, 0.1) is 5.92 Å². The van der Waals surface area contributed by atoms with E-state index in [4.69, 9.17) is 4.74 Å². The number of alkyl halides is 3. The third kappa shape index (κ3) is 2.46. The highest BCUT2D eigenvalue weighted by atomic mass is 28.1. The van der Waals surface area contributed by atoms with Crippen LogP contribution in [-0.4, -0.2) is 28.2 Å². The van der Waals surface area contributed by atoms with Gasteiger partial charge in [0, 0.05) is 16.8 Å². The van der Waals surface area contributed by atoms with Crippen LogP contribution >= 0.6 is 0 Å². The number of halogens is 3. The highest BCUT2D eigenvalue weighted by Gasteiger charge is 2.49. The molecule has 0 bridgehead atoms. The van der Waals surface area contributed by atoms with Gasteiger partial charge in [0.15, 0.2) is 0 Å². The van der Waals surface area contributed by atoms with Gasteiger partial charge in [-0.2, -0.15) is 13.2 Å². The van der Waals surface area contributed by atoms with E-state index in [0.29, 0.717) is 23.3 Å². The zero-order chi connectivity index (χ0) is 10.1. The van der Waals surface area contributed by atoms with Crippen molar-refractivity contribution in [1.82, 2.24) is 0 Å². The Hall–Kier alpha value is -0.0331. The minimum atomic E-state index is -4.11. The van der Waals surface area contributed by atoms with E-state index in [1.54, 1.807) is 0 Å². The van der Waals surface area contributed by atoms with Crippen molar-refractivity contribution >= 4 is 10.2 Å². The molecule has 2 unspecified atom stereocenters. The molecule has 1 saturated heterocycles. The Morgan fingerprint density at radius 1 is 1.38 bits per heavy atom. The van der Waals surface area contributed by atoms with Crippen LogP contribution in [0.1, 0.15) is 26.2 Å². The number of rotatable bonds is 1. The first kappa shape index (κ1) is 11.0. The molecule has 2 atom stereocenters. The number of hydrogen-bond donors (Lipinski definition) is 0. The quantitative estimate of drug-likeness (QED) is 0.598. The standard InChI is InChI=1S/C8H15F3OSi/c1-6(8(9,10)11)7(13)4-2-3-5-12-7/h6H,2-5H2,1,13H3. The third-order valence-electron chi connectivity index (χ3n) is 2.91. The van der Waals surface area contributed by atoms with Gasteiger partial charge in [0.25, 0.3) is 0 Å². The first-order chi connectivity index (χ1) is 5.86. The minimum Gasteiger partial charge on any atom is -0.379 e. The normalized spacial score (nSPS) is 33.2. The third-order valence-corrected chi connectivity index (χ3v) is 4.56. The molecule has 1 rings (SSSR count). The monoisotopic (exact) mass is 212 g/mol. The van der Waals surface area contributed by atoms with Crippen LogP contribution in [0.3, 0.4) is 0 Å². The molecule has 1 aliphatic heterocycles. The molecule has 0 aromatic rings. The molecule has 5 heteroatoms. The molecule has 0 aromatic heterocycles. The second-order valence-corrected chi connectivity index (χ2v) is 5.57. The van der Waals surface area contributed by atoms with Crippen molar-refractivity contribution in [1.29, 1.82) is 0 Å². The van der Waals surface area contributed by atoms with E-state index in [2.05, 4.69) is 0 Å². The van der Waals surface area contributed by atoms with E-state index in [1.807, 2.05) is 0 Å². The summed E-state index contributed by atoms with van der Waals surface area (Å²) in [5.41, 5.74) is 0. The lowest BCUT2D eigenvalue weighted by Gasteiger charge is -2.39. The maximum Gasteiger partial charge on any atom is 0.393 e. The van der Waals surface area contributed by atoms with Gasteiger partial charge in [0.1, 0.15) is 0 Å². The molecule has 1 nitrogen and oxygen atoms in total. The summed E-state index contributed by atoms with van der Waals surface area (Å²) in [5.74, 6) is -1.31. The second-order valence-electron chi connectivity index (χ2n) is 3.88. The topological polar surface area (TPSA) is 9.23 Å². The summed E-state index contributed by atoms with van der Waals surface area (Å²) in [6.45, 7) is 1.72. The molecule has 13 heavy (non-hydrogen) atoms. The van der Waals surface area contributed by atoms with Crippen LogP contribution in [0.25, 0.3) is 0 Å². The van der Waals surface area contributed by atoms with Crippen LogP contribution in [-0.2, 0) is 4.74 Å². The highest BCUT2D eigenvalue weighted by molar-refractivity contribution is 6.14. The maximum absolute atomic E-state index is 12.4. The molecule has 1 aliphatic rings. The Morgan fingerprint density at radius 3 is 2.38 bits per heavy atom. The summed E-state index contributed by atoms with van der Waals surface area (Å²) in [5, 5.41) is -0.865. The summed E-state index contributed by atoms with van der Waals surface area (Å²) in [4.78, 5) is 0. The minimum absolute atomic E-state index is 0.452. The van der Waals surface area contributed by atoms with Crippen molar-refractivity contribution in [2.75, 3.05) is 6.61 Å². The summed E-state index contributed by atoms with van der Waals surface area (Å²) in [7, 11) is 0.452. The second kappa shape index (κ2) is 3.61. The van der Waals surface area contributed by atoms with E-state index in [0.717, 1.165) is 12.8 Å². The van der Waals surface area contributed by atoms with Crippen molar-refractivity contribution in [2.24, 2.45) is 5.92 Å². The lowest BCUT2D eigenvalue weighted by atomic mass is 9.96. The summed E-state index contributed by atoms with van der Waals surface area (Å²) < 4.78 is 42.6. The van der Waals surface area contributed by atoms with Crippen molar-refractivity contribution in [3.63, 3.8) is 0 Å². The molecule has 0 N–H and O–H groups in total. The predicted octanol–water partition coefficient (Wildman–Crippen LogP) is 1.45. The average molecular weight is 212 g/mol. The van der Waals surface area contributed by atoms with Crippen LogP contribution in [0.5, 0.6) is 0 Å². The summed E-state index contributed by atoms with van der Waals surface area (Å²) in [6.07, 6.45) is -1.78. The Bertz CT molecular complexity index is 175. The van der Waals surface area contributed by atoms with E-state index in [1.165, 1.54) is 6.92 Å². The highest BCUT2D eigenvalue weighted by Crippen LogP contribution is 2.39. The van der Waals surface area contributed by atoms with Gasteiger partial charge in [-0.25, -0.2) is 0 Å². The number of hydrogen-bond acceptors (Lipinski definition) is 1. The zero-order valence-electron chi connectivity index (χ0n) is 7.95. The Morgan fingerprint density at radius 2 is 2.00 bits per heavy atom. The van der Waals surface area contributed by atoms with Crippen LogP contribution < -0.4 is 0 Å². The lowest BCUT2D eigenvalue weighted by molar-refractivity contribution is -0.218. The van der Waals surface area contributed by atoms with Gasteiger partial charge in [-0.3, -0.25) is 0 Å². The van der Waals surface area contributed by atoms with Gasteiger partial charge >= 0.3 is 6.18 Å². The number of ether oxygens (including phenoxy) is 1. The molecular formula is C8H15F3OSi. The molecule has 0 saturated carbocycles. The van der Waals surface area contributed by atoms with Gasteiger partial charge in [-0.05, 0) is 19.3 Å². The van der Waals surface area contributed by atoms with Gasteiger partial charge < -0.3 is 4.74 Å². The molecular weight excluding hydrogens is 197 g/mol. The SMILES string of the molecule is CC(C(F)(F)F)C1([SiH3])CCCCO1. The fourth-order valence-corrected chi connectivity index (χ4v) is 2.53. The molecule has 0 radical (unpaired) electrons. The van der Waals surface area contributed by atoms with Crippen molar-refractivity contribution in [3.8, 4) is 0 Å². The van der Waals surface area contributed by atoms with Crippen LogP contribution in [0.2, 0.25) is 0 Å². The van der Waals surface area contributed by atoms with Crippen molar-refractivity contribution in [2.45, 2.75) is 37.6 Å². The fourth-order valence-electron chi connectivity index (χ4n) is 1.64. The average Bonchev–Trinajstić information content (AvgIpc) is 2.03. The molecule has 0 aliphatic carbocycles. The Kier molecular flexibility index (Phi) is 3.07. The zero-order valence-corrected chi connectivity index (χ0v) is 9.95. The fraction of sp³-hybridized carbons (Fsp3) is 1.00. The predicted molar refractivity (Wildman–Crippen MR) is 47.7 cm³/mol. The molecule has 0 spiro atoms. The summed E-state index contributed by atoms with van der Waals surface area (Å²) in [6, 6.07) is 0. The van der Waals surface area contributed by atoms with Gasteiger partial charge in [0.2, 0.25) is 0 Å². The summed E-state index contributed by atoms with van der Waals surface area (Å²) >= 11 is 0. The van der Waals surface area contributed by atoms with Crippen molar-refractivity contribution in [3.05, 3.63) is 0 Å². The van der Waals surface area contributed by atoms with Crippen LogP contribution in [0.15, 0.2) is 0 Å². The molecule has 0 aromatic carbocycles. The first-order valence-corrected chi connectivity index (χ1v) is 5.57. The Labute approximate surface area is 79.1 Å². The lowest BCUT2D eigenvalue weighted by Crippen LogP contribution is -2.49. The van der Waals surface area contributed by atoms with E-state index in [9.17, 15) is 13.2 Å². The van der Waals surface area contributed by atoms with E-state index >= 15 is 0 Å². The van der Waals surface area contributed by atoms with E-state index < -0.39 is 17.3 Å². The van der Waals surface area contributed by atoms with Crippen molar-refractivity contribution < 1.29 is 17.9 Å². The smallest absolute Gasteiger partial charge is 0.379 e. The molecule has 1 fully saturated rings. The maximum atomic E-state index is 12.4. The van der Waals surface area contributed by atoms with Crippen LogP contribution in [0.4, 0.5) is 13.2 Å². The van der Waals surface area contributed by atoms with Gasteiger partial charge in [-0.1, -0.05) is 6.92 Å². The molecule has 1 heterocycles. The molecule has 78 valence electrons.